The van der Waals surface area contributed by atoms with Gasteiger partial charge in [0.2, 0.25) is 0 Å². The third kappa shape index (κ3) is 4.56. The molecule has 1 atom stereocenters. The van der Waals surface area contributed by atoms with Crippen LogP contribution in [-0.2, 0) is 10.8 Å². The van der Waals surface area contributed by atoms with Crippen LogP contribution in [0.4, 0.5) is 17.1 Å². The normalized spacial score (nSPS) is 15.9. The first-order valence-electron chi connectivity index (χ1n) is 21.5. The summed E-state index contributed by atoms with van der Waals surface area (Å²) in [6.07, 6.45) is 0. The Morgan fingerprint density at radius 2 is 0.918 bits per heavy atom. The molecule has 0 N–H and O–H groups in total. The van der Waals surface area contributed by atoms with Crippen molar-refractivity contribution in [3.8, 4) is 44.5 Å². The van der Waals surface area contributed by atoms with Crippen LogP contribution in [-0.4, -0.2) is 0 Å². The molecular formula is C60H41N. The molecular weight excluding hydrogens is 735 g/mol. The van der Waals surface area contributed by atoms with Crippen LogP contribution in [0.15, 0.2) is 212 Å². The zero-order chi connectivity index (χ0) is 40.5. The van der Waals surface area contributed by atoms with Crippen molar-refractivity contribution >= 4 is 38.6 Å². The molecule has 1 nitrogen and oxygen atoms in total. The largest absolute Gasteiger partial charge is 0.310 e. The lowest BCUT2D eigenvalue weighted by atomic mass is 9.61. The van der Waals surface area contributed by atoms with E-state index in [1.54, 1.807) is 0 Å². The van der Waals surface area contributed by atoms with Crippen molar-refractivity contribution in [3.05, 3.63) is 246 Å². The molecule has 0 aliphatic heterocycles. The third-order valence-corrected chi connectivity index (χ3v) is 14.3. The van der Waals surface area contributed by atoms with Crippen LogP contribution in [0.5, 0.6) is 0 Å². The molecule has 3 aliphatic rings. The van der Waals surface area contributed by atoms with Gasteiger partial charge in [-0.25, -0.2) is 0 Å². The summed E-state index contributed by atoms with van der Waals surface area (Å²) in [6.45, 7) is 4.73. The number of anilines is 3. The highest BCUT2D eigenvalue weighted by atomic mass is 15.1. The number of rotatable bonds is 4. The number of benzene rings is 10. The standard InChI is InChI=1S/C60H41N/c1-59(2)50-27-10-8-24-46(50)49-36-41(33-35-51(49)59)61(56-31-14-19-38-18-6-7-22-43(38)56)42-32-34-48-55(37-42)60(54-30-15-25-44(58(48)54)39-16-4-3-5-17-39)52-28-11-9-23-45(52)47-26-12-20-40-21-13-29-53(60)57(40)47/h3-37H,1-2H3. The molecule has 10 aromatic rings. The Kier molecular flexibility index (Phi) is 7.06. The lowest BCUT2D eigenvalue weighted by Crippen LogP contribution is -2.32. The average molecular weight is 776 g/mol. The van der Waals surface area contributed by atoms with E-state index in [2.05, 4.69) is 231 Å². The van der Waals surface area contributed by atoms with Gasteiger partial charge in [-0.1, -0.05) is 196 Å². The first kappa shape index (κ1) is 34.4. The van der Waals surface area contributed by atoms with Crippen molar-refractivity contribution in [1.29, 1.82) is 0 Å². The monoisotopic (exact) mass is 775 g/mol. The minimum atomic E-state index is -0.568. The summed E-state index contributed by atoms with van der Waals surface area (Å²) >= 11 is 0. The first-order chi connectivity index (χ1) is 30.0. The molecule has 0 amide bonds. The third-order valence-electron chi connectivity index (χ3n) is 14.3. The minimum absolute atomic E-state index is 0.0808. The maximum atomic E-state index is 2.54. The van der Waals surface area contributed by atoms with E-state index >= 15 is 0 Å². The van der Waals surface area contributed by atoms with Gasteiger partial charge in [-0.15, -0.1) is 0 Å². The zero-order valence-electron chi connectivity index (χ0n) is 34.2. The van der Waals surface area contributed by atoms with Gasteiger partial charge in [0.25, 0.3) is 0 Å². The van der Waals surface area contributed by atoms with E-state index < -0.39 is 5.41 Å². The van der Waals surface area contributed by atoms with Crippen molar-refractivity contribution in [2.24, 2.45) is 0 Å². The van der Waals surface area contributed by atoms with Gasteiger partial charge in [0, 0.05) is 22.2 Å². The van der Waals surface area contributed by atoms with Gasteiger partial charge in [0.15, 0.2) is 0 Å². The molecule has 61 heavy (non-hydrogen) atoms. The van der Waals surface area contributed by atoms with Crippen LogP contribution >= 0.6 is 0 Å². The summed E-state index contributed by atoms with van der Waals surface area (Å²) in [5.41, 5.74) is 21.2. The van der Waals surface area contributed by atoms with Crippen LogP contribution in [0.3, 0.4) is 0 Å². The summed E-state index contributed by atoms with van der Waals surface area (Å²) in [6, 6.07) is 80.0. The average Bonchev–Trinajstić information content (AvgIpc) is 3.73. The summed E-state index contributed by atoms with van der Waals surface area (Å²) < 4.78 is 0. The molecule has 286 valence electrons. The number of hydrogen-bond donors (Lipinski definition) is 0. The minimum Gasteiger partial charge on any atom is -0.310 e. The Morgan fingerprint density at radius 3 is 1.79 bits per heavy atom. The van der Waals surface area contributed by atoms with E-state index in [0.29, 0.717) is 0 Å². The van der Waals surface area contributed by atoms with E-state index in [9.17, 15) is 0 Å². The van der Waals surface area contributed by atoms with Crippen LogP contribution in [0, 0.1) is 0 Å². The summed E-state index contributed by atoms with van der Waals surface area (Å²) in [4.78, 5) is 2.52. The Balaban J connectivity index is 1.15. The summed E-state index contributed by atoms with van der Waals surface area (Å²) in [7, 11) is 0. The van der Waals surface area contributed by atoms with E-state index in [1.165, 1.54) is 99.4 Å². The second-order valence-corrected chi connectivity index (χ2v) is 17.6. The molecule has 0 heterocycles. The van der Waals surface area contributed by atoms with Crippen molar-refractivity contribution in [1.82, 2.24) is 0 Å². The van der Waals surface area contributed by atoms with Gasteiger partial charge in [0.1, 0.15) is 0 Å². The van der Waals surface area contributed by atoms with Gasteiger partial charge in [-0.2, -0.15) is 0 Å². The van der Waals surface area contributed by atoms with Crippen LogP contribution in [0.1, 0.15) is 47.2 Å². The second-order valence-electron chi connectivity index (χ2n) is 17.6. The number of fused-ring (bicyclic) bond motifs is 13. The SMILES string of the molecule is CC1(C)c2ccccc2-c2cc(N(c3ccc4c(c3)C3(c5ccccc5-c5cccc6cccc3c56)c3cccc(-c5ccccc5)c3-4)c3cccc4ccccc34)ccc21. The predicted octanol–water partition coefficient (Wildman–Crippen LogP) is 15.8. The molecule has 0 bridgehead atoms. The number of nitrogens with zero attached hydrogens (tertiary/aromatic N) is 1. The van der Waals surface area contributed by atoms with E-state index in [1.807, 2.05) is 0 Å². The van der Waals surface area contributed by atoms with Crippen molar-refractivity contribution in [2.75, 3.05) is 4.90 Å². The fraction of sp³-hybridized carbons (Fsp3) is 0.0667. The van der Waals surface area contributed by atoms with Crippen LogP contribution in [0.25, 0.3) is 66.1 Å². The quantitative estimate of drug-likeness (QED) is 0.172. The fourth-order valence-corrected chi connectivity index (χ4v) is 11.7. The molecule has 0 saturated carbocycles. The van der Waals surface area contributed by atoms with Crippen molar-refractivity contribution in [3.63, 3.8) is 0 Å². The highest BCUT2D eigenvalue weighted by molar-refractivity contribution is 6.09. The smallest absolute Gasteiger partial charge is 0.0726 e. The Hall–Kier alpha value is -7.48. The van der Waals surface area contributed by atoms with Crippen LogP contribution in [0.2, 0.25) is 0 Å². The lowest BCUT2D eigenvalue weighted by molar-refractivity contribution is 0.660. The maximum Gasteiger partial charge on any atom is 0.0726 e. The van der Waals surface area contributed by atoms with Gasteiger partial charge in [0.05, 0.1) is 11.1 Å². The lowest BCUT2D eigenvalue weighted by Gasteiger charge is -2.40. The van der Waals surface area contributed by atoms with Crippen LogP contribution < -0.4 is 4.90 Å². The number of hydrogen-bond acceptors (Lipinski definition) is 1. The molecule has 0 aromatic heterocycles. The second kappa shape index (κ2) is 12.5. The van der Waals surface area contributed by atoms with Gasteiger partial charge in [-0.05, 0) is 124 Å². The molecule has 13 rings (SSSR count). The van der Waals surface area contributed by atoms with E-state index in [-0.39, 0.29) is 5.41 Å². The van der Waals surface area contributed by atoms with Crippen molar-refractivity contribution in [2.45, 2.75) is 24.7 Å². The van der Waals surface area contributed by atoms with Crippen molar-refractivity contribution < 1.29 is 0 Å². The summed E-state index contributed by atoms with van der Waals surface area (Å²) in [5.74, 6) is 0. The Labute approximate surface area is 356 Å². The van der Waals surface area contributed by atoms with Gasteiger partial charge >= 0.3 is 0 Å². The highest BCUT2D eigenvalue weighted by Gasteiger charge is 2.51. The topological polar surface area (TPSA) is 3.24 Å². The van der Waals surface area contributed by atoms with E-state index in [0.717, 1.165) is 17.1 Å². The Bertz CT molecular complexity index is 3450. The maximum absolute atomic E-state index is 2.54. The molecule has 10 aromatic carbocycles. The summed E-state index contributed by atoms with van der Waals surface area (Å²) in [5, 5.41) is 5.05. The van der Waals surface area contributed by atoms with Gasteiger partial charge in [-0.3, -0.25) is 0 Å². The highest BCUT2D eigenvalue weighted by Crippen LogP contribution is 2.64. The molecule has 3 aliphatic carbocycles. The van der Waals surface area contributed by atoms with Gasteiger partial charge < -0.3 is 4.90 Å². The molecule has 1 heteroatoms. The molecule has 0 radical (unpaired) electrons. The first-order valence-corrected chi connectivity index (χ1v) is 21.5. The molecule has 1 unspecified atom stereocenters. The predicted molar refractivity (Wildman–Crippen MR) is 255 cm³/mol. The molecule has 1 spiro atoms. The molecule has 0 fully saturated rings. The zero-order valence-corrected chi connectivity index (χ0v) is 34.2. The van der Waals surface area contributed by atoms with E-state index in [4.69, 9.17) is 0 Å². The fourth-order valence-electron chi connectivity index (χ4n) is 11.7. The Morgan fingerprint density at radius 1 is 0.344 bits per heavy atom. The molecule has 0 saturated heterocycles.